The molecule has 2 aromatic carbocycles. The van der Waals surface area contributed by atoms with Crippen molar-refractivity contribution < 1.29 is 26.6 Å². The highest BCUT2D eigenvalue weighted by molar-refractivity contribution is 6.50. The SMILES string of the molecule is Clc1cc(Cl)c(-n2c[n+]3c(n2)CO[C@@H]2Cc4ccccc4[C@@H]23)c(Cl)c1.F[B-](F)(F)F. The fourth-order valence-electron chi connectivity index (χ4n) is 3.78. The van der Waals surface area contributed by atoms with Gasteiger partial charge in [-0.05, 0) is 23.3 Å². The molecular formula is C18H13BCl3F4N3O. The van der Waals surface area contributed by atoms with Crippen molar-refractivity contribution in [1.29, 1.82) is 0 Å². The molecule has 12 heteroatoms. The van der Waals surface area contributed by atoms with Crippen molar-refractivity contribution in [3.63, 3.8) is 0 Å². The molecule has 0 spiro atoms. The second kappa shape index (κ2) is 8.03. The summed E-state index contributed by atoms with van der Waals surface area (Å²) in [6, 6.07) is 11.9. The predicted octanol–water partition coefficient (Wildman–Crippen LogP) is 5.46. The van der Waals surface area contributed by atoms with Gasteiger partial charge in [0.05, 0.1) is 10.0 Å². The Hall–Kier alpha value is -1.81. The molecule has 30 heavy (non-hydrogen) atoms. The van der Waals surface area contributed by atoms with Gasteiger partial charge in [-0.15, -0.1) is 0 Å². The lowest BCUT2D eigenvalue weighted by atomic mass is 10.1. The highest BCUT2D eigenvalue weighted by atomic mass is 35.5. The molecule has 0 bridgehead atoms. The van der Waals surface area contributed by atoms with Gasteiger partial charge in [0, 0.05) is 16.5 Å². The summed E-state index contributed by atoms with van der Waals surface area (Å²) >= 11 is 18.7. The quantitative estimate of drug-likeness (QED) is 0.263. The summed E-state index contributed by atoms with van der Waals surface area (Å²) in [5, 5.41) is 6.07. The number of aromatic nitrogens is 3. The van der Waals surface area contributed by atoms with Crippen molar-refractivity contribution in [2.45, 2.75) is 25.2 Å². The largest absolute Gasteiger partial charge is 0.673 e. The van der Waals surface area contributed by atoms with Crippen LogP contribution in [0, 0.1) is 0 Å². The third-order valence-electron chi connectivity index (χ3n) is 4.84. The first-order valence-corrected chi connectivity index (χ1v) is 9.96. The zero-order valence-corrected chi connectivity index (χ0v) is 17.4. The minimum Gasteiger partial charge on any atom is -0.418 e. The summed E-state index contributed by atoms with van der Waals surface area (Å²) in [6.07, 6.45) is 2.99. The number of fused-ring (bicyclic) bond motifs is 5. The Morgan fingerprint density at radius 3 is 2.37 bits per heavy atom. The number of nitrogens with zero attached hydrogens (tertiary/aromatic N) is 3. The molecule has 1 aromatic heterocycles. The molecule has 0 saturated heterocycles. The van der Waals surface area contributed by atoms with E-state index in [2.05, 4.69) is 33.9 Å². The van der Waals surface area contributed by atoms with Crippen molar-refractivity contribution in [2.24, 2.45) is 0 Å². The first-order chi connectivity index (χ1) is 14.1. The van der Waals surface area contributed by atoms with Crippen LogP contribution in [0.15, 0.2) is 42.7 Å². The first kappa shape index (κ1) is 21.4. The van der Waals surface area contributed by atoms with E-state index < -0.39 is 7.25 Å². The molecule has 0 N–H and O–H groups in total. The molecule has 1 aliphatic heterocycles. The number of benzene rings is 2. The van der Waals surface area contributed by atoms with Gasteiger partial charge in [-0.2, -0.15) is 0 Å². The number of hydrogen-bond acceptors (Lipinski definition) is 2. The van der Waals surface area contributed by atoms with Gasteiger partial charge in [-0.25, -0.2) is 4.57 Å². The lowest BCUT2D eigenvalue weighted by Gasteiger charge is -2.23. The molecule has 2 atom stereocenters. The molecule has 158 valence electrons. The van der Waals surface area contributed by atoms with Crippen LogP contribution in [-0.4, -0.2) is 23.1 Å². The third-order valence-corrected chi connectivity index (χ3v) is 5.63. The van der Waals surface area contributed by atoms with Gasteiger partial charge in [0.2, 0.25) is 6.33 Å². The molecule has 2 heterocycles. The van der Waals surface area contributed by atoms with Crippen molar-refractivity contribution in [1.82, 2.24) is 9.78 Å². The number of rotatable bonds is 1. The van der Waals surface area contributed by atoms with Gasteiger partial charge in [-0.1, -0.05) is 63.8 Å². The zero-order valence-electron chi connectivity index (χ0n) is 15.1. The molecular weight excluding hydrogens is 467 g/mol. The summed E-state index contributed by atoms with van der Waals surface area (Å²) in [5.41, 5.74) is 3.23. The third kappa shape index (κ3) is 4.30. The molecule has 5 rings (SSSR count). The number of ether oxygens (including phenoxy) is 1. The van der Waals surface area contributed by atoms with E-state index in [9.17, 15) is 17.3 Å². The minimum atomic E-state index is -6.00. The molecule has 0 saturated carbocycles. The Morgan fingerprint density at radius 1 is 1.07 bits per heavy atom. The van der Waals surface area contributed by atoms with E-state index >= 15 is 0 Å². The van der Waals surface area contributed by atoms with Crippen LogP contribution in [0.25, 0.3) is 5.69 Å². The second-order valence-corrected chi connectivity index (χ2v) is 8.04. The number of hydrogen-bond donors (Lipinski definition) is 0. The Kier molecular flexibility index (Phi) is 5.74. The second-order valence-electron chi connectivity index (χ2n) is 6.79. The summed E-state index contributed by atoms with van der Waals surface area (Å²) in [6.45, 7) is 0.463. The maximum atomic E-state index is 9.75. The van der Waals surface area contributed by atoms with E-state index in [0.717, 1.165) is 12.2 Å². The smallest absolute Gasteiger partial charge is 0.418 e. The zero-order chi connectivity index (χ0) is 21.6. The first-order valence-electron chi connectivity index (χ1n) is 8.83. The molecule has 0 amide bonds. The van der Waals surface area contributed by atoms with Gasteiger partial charge in [0.15, 0.2) is 5.69 Å². The fraction of sp³-hybridized carbons (Fsp3) is 0.222. The molecule has 4 nitrogen and oxygen atoms in total. The number of halogens is 7. The van der Waals surface area contributed by atoms with Crippen LogP contribution < -0.4 is 4.57 Å². The van der Waals surface area contributed by atoms with E-state index in [1.165, 1.54) is 11.1 Å². The maximum absolute atomic E-state index is 9.75. The summed E-state index contributed by atoms with van der Waals surface area (Å²) in [4.78, 5) is 0. The van der Waals surface area contributed by atoms with Crippen LogP contribution in [0.2, 0.25) is 15.1 Å². The lowest BCUT2D eigenvalue weighted by Crippen LogP contribution is -2.51. The van der Waals surface area contributed by atoms with Crippen molar-refractivity contribution in [3.05, 3.63) is 74.7 Å². The van der Waals surface area contributed by atoms with E-state index in [-0.39, 0.29) is 12.1 Å². The summed E-state index contributed by atoms with van der Waals surface area (Å²) < 4.78 is 48.9. The standard InChI is InChI=1S/C18H13Cl3N3O.BF4/c19-11-6-13(20)18(14(21)7-11)24-9-23-16(22-24)8-25-15-5-10-3-1-2-4-12(10)17(15)23;2-1(3,4)5/h1-4,6-7,9,15,17H,5,8H2;/q+1;-1/t15-,17+;/m1./s1. The van der Waals surface area contributed by atoms with Crippen LogP contribution >= 0.6 is 34.8 Å². The monoisotopic (exact) mass is 479 g/mol. The van der Waals surface area contributed by atoms with Crippen LogP contribution in [0.4, 0.5) is 17.3 Å². The van der Waals surface area contributed by atoms with Crippen LogP contribution in [0.3, 0.4) is 0 Å². The van der Waals surface area contributed by atoms with E-state index in [1.54, 1.807) is 16.8 Å². The minimum absolute atomic E-state index is 0.124. The summed E-state index contributed by atoms with van der Waals surface area (Å²) in [5.74, 6) is 0.847. The molecule has 3 aromatic rings. The molecule has 1 aliphatic carbocycles. The molecule has 0 radical (unpaired) electrons. The Labute approximate surface area is 184 Å². The highest BCUT2D eigenvalue weighted by Gasteiger charge is 2.43. The van der Waals surface area contributed by atoms with Crippen LogP contribution in [0.1, 0.15) is 23.0 Å². The Bertz CT molecular complexity index is 1080. The predicted molar refractivity (Wildman–Crippen MR) is 106 cm³/mol. The van der Waals surface area contributed by atoms with E-state index in [4.69, 9.17) is 39.5 Å². The fourth-order valence-corrected chi connectivity index (χ4v) is 4.77. The van der Waals surface area contributed by atoms with Crippen molar-refractivity contribution in [3.8, 4) is 5.69 Å². The average Bonchev–Trinajstić information content (AvgIpc) is 3.19. The summed E-state index contributed by atoms with van der Waals surface area (Å²) in [7, 11) is -6.00. The molecule has 0 fully saturated rings. The van der Waals surface area contributed by atoms with E-state index in [0.29, 0.717) is 27.4 Å². The van der Waals surface area contributed by atoms with Crippen LogP contribution in [0.5, 0.6) is 0 Å². The van der Waals surface area contributed by atoms with Gasteiger partial charge >= 0.3 is 13.1 Å². The normalized spacial score (nSPS) is 19.4. The van der Waals surface area contributed by atoms with Crippen molar-refractivity contribution >= 4 is 42.1 Å². The Balaban J connectivity index is 0.000000393. The van der Waals surface area contributed by atoms with Gasteiger partial charge in [-0.3, -0.25) is 0 Å². The van der Waals surface area contributed by atoms with Crippen molar-refractivity contribution in [2.75, 3.05) is 0 Å². The Morgan fingerprint density at radius 2 is 1.70 bits per heavy atom. The van der Waals surface area contributed by atoms with Gasteiger partial charge < -0.3 is 22.0 Å². The highest BCUT2D eigenvalue weighted by Crippen LogP contribution is 2.36. The topological polar surface area (TPSA) is 30.9 Å². The average molecular weight is 480 g/mol. The van der Waals surface area contributed by atoms with Gasteiger partial charge in [0.1, 0.15) is 18.8 Å². The van der Waals surface area contributed by atoms with Gasteiger partial charge in [0.25, 0.3) is 0 Å². The van der Waals surface area contributed by atoms with E-state index in [1.807, 2.05) is 6.33 Å². The lowest BCUT2D eigenvalue weighted by molar-refractivity contribution is -0.739. The van der Waals surface area contributed by atoms with Crippen LogP contribution in [-0.2, 0) is 17.8 Å². The maximum Gasteiger partial charge on any atom is 0.673 e. The molecule has 2 aliphatic rings. The molecule has 0 unspecified atom stereocenters.